The first-order valence-corrected chi connectivity index (χ1v) is 9.63. The molecule has 3 heterocycles. The van der Waals surface area contributed by atoms with Gasteiger partial charge in [-0.1, -0.05) is 45.4 Å². The molecule has 1 aromatic carbocycles. The van der Waals surface area contributed by atoms with Crippen molar-refractivity contribution in [1.29, 1.82) is 0 Å². The minimum atomic E-state index is -0.447. The number of aromatic nitrogens is 2. The second-order valence-corrected chi connectivity index (χ2v) is 6.14. The highest BCUT2D eigenvalue weighted by Crippen LogP contribution is 2.44. The Hall–Kier alpha value is -2.43. The van der Waals surface area contributed by atoms with Crippen molar-refractivity contribution in [2.45, 2.75) is 52.9 Å². The van der Waals surface area contributed by atoms with E-state index in [1.165, 1.54) is 17.6 Å². The van der Waals surface area contributed by atoms with Gasteiger partial charge < -0.3 is 10.2 Å². The quantitative estimate of drug-likeness (QED) is 0.828. The lowest BCUT2D eigenvalue weighted by Gasteiger charge is -2.38. The van der Waals surface area contributed by atoms with E-state index in [4.69, 9.17) is 0 Å². The van der Waals surface area contributed by atoms with Crippen LogP contribution in [0.5, 0.6) is 0 Å². The van der Waals surface area contributed by atoms with Gasteiger partial charge in [0.05, 0.1) is 5.41 Å². The zero-order valence-corrected chi connectivity index (χ0v) is 16.5. The van der Waals surface area contributed by atoms with Gasteiger partial charge in [-0.25, -0.2) is 9.97 Å². The van der Waals surface area contributed by atoms with Gasteiger partial charge in [0, 0.05) is 30.5 Å². The first kappa shape index (κ1) is 19.9. The molecule has 2 aliphatic heterocycles. The highest BCUT2D eigenvalue weighted by Gasteiger charge is 2.49. The first-order valence-electron chi connectivity index (χ1n) is 9.63. The van der Waals surface area contributed by atoms with E-state index in [9.17, 15) is 4.79 Å². The maximum absolute atomic E-state index is 12.5. The van der Waals surface area contributed by atoms with Crippen LogP contribution in [0.15, 0.2) is 36.8 Å². The van der Waals surface area contributed by atoms with Gasteiger partial charge in [-0.3, -0.25) is 4.79 Å². The Morgan fingerprint density at radius 1 is 1.04 bits per heavy atom. The van der Waals surface area contributed by atoms with E-state index >= 15 is 0 Å². The molecule has 1 saturated heterocycles. The summed E-state index contributed by atoms with van der Waals surface area (Å²) in [6.07, 6.45) is 4.88. The molecule has 1 amide bonds. The fourth-order valence-electron chi connectivity index (χ4n) is 3.53. The van der Waals surface area contributed by atoms with Crippen molar-refractivity contribution >= 4 is 17.4 Å². The zero-order chi connectivity index (χ0) is 19.2. The van der Waals surface area contributed by atoms with Crippen molar-refractivity contribution in [1.82, 2.24) is 9.97 Å². The molecule has 5 heteroatoms. The van der Waals surface area contributed by atoms with Crippen LogP contribution in [0.25, 0.3) is 0 Å². The average molecular weight is 354 g/mol. The average Bonchev–Trinajstić information content (AvgIpc) is 2.98. The molecule has 4 rings (SSSR count). The number of nitrogens with zero attached hydrogens (tertiary/aromatic N) is 3. The number of fused-ring (bicyclic) bond motifs is 2. The molecular weight excluding hydrogens is 324 g/mol. The standard InChI is InChI=1S/C17H18N4O.2C2H6/c1-12-2-4-13(5-3-12)21-8-6-17(7-9-21)14-10-18-11-19-15(14)20-16(17)22;2*1-2/h2-5,10-11H,6-9H2,1H3,(H,18,19,20,22);2*1-2H3. The predicted molar refractivity (Wildman–Crippen MR) is 108 cm³/mol. The number of carbonyl (C=O) groups is 1. The smallest absolute Gasteiger partial charge is 0.236 e. The van der Waals surface area contributed by atoms with Crippen LogP contribution in [-0.2, 0) is 10.2 Å². The van der Waals surface area contributed by atoms with Crippen LogP contribution in [0.4, 0.5) is 11.5 Å². The third-order valence-electron chi connectivity index (χ3n) is 4.91. The second kappa shape index (κ2) is 8.79. The number of amides is 1. The summed E-state index contributed by atoms with van der Waals surface area (Å²) < 4.78 is 0. The Kier molecular flexibility index (Phi) is 6.72. The van der Waals surface area contributed by atoms with Crippen LogP contribution < -0.4 is 10.2 Å². The third-order valence-corrected chi connectivity index (χ3v) is 4.91. The van der Waals surface area contributed by atoms with Crippen LogP contribution in [0.2, 0.25) is 0 Å². The van der Waals surface area contributed by atoms with Gasteiger partial charge in [-0.05, 0) is 31.9 Å². The largest absolute Gasteiger partial charge is 0.371 e. The van der Waals surface area contributed by atoms with Crippen molar-refractivity contribution in [3.63, 3.8) is 0 Å². The number of carbonyl (C=O) groups excluding carboxylic acids is 1. The number of piperidine rings is 1. The molecule has 1 fully saturated rings. The molecule has 0 saturated carbocycles. The molecule has 2 aliphatic rings. The summed E-state index contributed by atoms with van der Waals surface area (Å²) in [6.45, 7) is 11.8. The fourth-order valence-corrected chi connectivity index (χ4v) is 3.53. The van der Waals surface area contributed by atoms with Gasteiger partial charge in [0.1, 0.15) is 12.1 Å². The lowest BCUT2D eigenvalue weighted by Crippen LogP contribution is -2.46. The Bertz CT molecular complexity index is 719. The number of rotatable bonds is 1. The SMILES string of the molecule is CC.CC.Cc1ccc(N2CCC3(CC2)C(=O)Nc2ncncc23)cc1. The number of aryl methyl sites for hydroxylation is 1. The predicted octanol–water partition coefficient (Wildman–Crippen LogP) is 4.33. The highest BCUT2D eigenvalue weighted by molar-refractivity contribution is 6.05. The van der Waals surface area contributed by atoms with Gasteiger partial charge in [-0.15, -0.1) is 0 Å². The molecule has 0 atom stereocenters. The molecule has 1 spiro atoms. The first-order chi connectivity index (χ1) is 12.7. The molecule has 5 nitrogen and oxygen atoms in total. The molecule has 140 valence electrons. The molecule has 1 aromatic heterocycles. The Labute approximate surface area is 156 Å². The molecule has 26 heavy (non-hydrogen) atoms. The van der Waals surface area contributed by atoms with Crippen molar-refractivity contribution in [3.8, 4) is 0 Å². The zero-order valence-electron chi connectivity index (χ0n) is 16.5. The summed E-state index contributed by atoms with van der Waals surface area (Å²) in [7, 11) is 0. The molecular formula is C21H30N4O. The summed E-state index contributed by atoms with van der Waals surface area (Å²) >= 11 is 0. The number of anilines is 2. The maximum Gasteiger partial charge on any atom is 0.236 e. The summed E-state index contributed by atoms with van der Waals surface area (Å²) in [6, 6.07) is 8.56. The van der Waals surface area contributed by atoms with E-state index in [2.05, 4.69) is 51.4 Å². The van der Waals surface area contributed by atoms with E-state index < -0.39 is 5.41 Å². The van der Waals surface area contributed by atoms with Crippen LogP contribution in [0, 0.1) is 6.92 Å². The molecule has 1 N–H and O–H groups in total. The Morgan fingerprint density at radius 2 is 1.65 bits per heavy atom. The summed E-state index contributed by atoms with van der Waals surface area (Å²) in [4.78, 5) is 23.1. The van der Waals surface area contributed by atoms with Crippen molar-refractivity contribution < 1.29 is 4.79 Å². The Balaban J connectivity index is 0.000000570. The maximum atomic E-state index is 12.5. The monoisotopic (exact) mass is 354 g/mol. The second-order valence-electron chi connectivity index (χ2n) is 6.14. The topological polar surface area (TPSA) is 58.1 Å². The lowest BCUT2D eigenvalue weighted by atomic mass is 9.74. The normalized spacial score (nSPS) is 16.7. The van der Waals surface area contributed by atoms with E-state index in [-0.39, 0.29) is 5.91 Å². The minimum absolute atomic E-state index is 0.0755. The van der Waals surface area contributed by atoms with Crippen molar-refractivity contribution in [2.75, 3.05) is 23.3 Å². The molecule has 2 aromatic rings. The van der Waals surface area contributed by atoms with Crippen LogP contribution in [0.3, 0.4) is 0 Å². The van der Waals surface area contributed by atoms with E-state index in [1.807, 2.05) is 27.7 Å². The number of hydrogen-bond acceptors (Lipinski definition) is 4. The summed E-state index contributed by atoms with van der Waals surface area (Å²) in [5.74, 6) is 0.760. The number of nitrogens with one attached hydrogen (secondary N) is 1. The van der Waals surface area contributed by atoms with Crippen molar-refractivity contribution in [3.05, 3.63) is 47.9 Å². The van der Waals surface area contributed by atoms with Gasteiger partial charge in [-0.2, -0.15) is 0 Å². The van der Waals surface area contributed by atoms with Gasteiger partial charge in [0.2, 0.25) is 5.91 Å². The Morgan fingerprint density at radius 3 is 2.27 bits per heavy atom. The molecule has 0 aliphatic carbocycles. The number of hydrogen-bond donors (Lipinski definition) is 1. The van der Waals surface area contributed by atoms with E-state index in [1.54, 1.807) is 6.20 Å². The molecule has 0 bridgehead atoms. The van der Waals surface area contributed by atoms with Gasteiger partial charge >= 0.3 is 0 Å². The lowest BCUT2D eigenvalue weighted by molar-refractivity contribution is -0.121. The minimum Gasteiger partial charge on any atom is -0.371 e. The molecule has 0 radical (unpaired) electrons. The van der Waals surface area contributed by atoms with E-state index in [0.29, 0.717) is 5.82 Å². The number of benzene rings is 1. The van der Waals surface area contributed by atoms with Crippen LogP contribution in [0.1, 0.15) is 51.7 Å². The highest BCUT2D eigenvalue weighted by atomic mass is 16.2. The van der Waals surface area contributed by atoms with Crippen LogP contribution in [-0.4, -0.2) is 29.0 Å². The molecule has 0 unspecified atom stereocenters. The summed E-state index contributed by atoms with van der Waals surface area (Å²) in [5.41, 5.74) is 3.00. The van der Waals surface area contributed by atoms with E-state index in [0.717, 1.165) is 31.5 Å². The van der Waals surface area contributed by atoms with Gasteiger partial charge in [0.25, 0.3) is 0 Å². The van der Waals surface area contributed by atoms with Crippen molar-refractivity contribution in [2.24, 2.45) is 0 Å². The summed E-state index contributed by atoms with van der Waals surface area (Å²) in [5, 5.41) is 2.91. The van der Waals surface area contributed by atoms with Gasteiger partial charge in [0.15, 0.2) is 0 Å². The van der Waals surface area contributed by atoms with Crippen LogP contribution >= 0.6 is 0 Å². The third kappa shape index (κ3) is 3.57. The fraction of sp³-hybridized carbons (Fsp3) is 0.476.